The topological polar surface area (TPSA) is 103 Å². The monoisotopic (exact) mass is 443 g/mol. The number of hydrogen-bond donors (Lipinski definition) is 3. The molecule has 0 spiro atoms. The van der Waals surface area contributed by atoms with E-state index in [0.29, 0.717) is 10.0 Å². The van der Waals surface area contributed by atoms with Crippen LogP contribution >= 0.6 is 48.0 Å². The number of aryl methyl sites for hydroxylation is 1. The predicted molar refractivity (Wildman–Crippen MR) is 119 cm³/mol. The van der Waals surface area contributed by atoms with Gasteiger partial charge in [0.25, 0.3) is 0 Å². The molecule has 5 nitrogen and oxygen atoms in total. The molecule has 1 rings (SSSR count). The van der Waals surface area contributed by atoms with Gasteiger partial charge in [0.1, 0.15) is 0 Å². The first kappa shape index (κ1) is 27.3. The van der Waals surface area contributed by atoms with Crippen LogP contribution in [0.2, 0.25) is 10.0 Å². The standard InChI is InChI=1S/C17H27Cl2N5.2ClH/c1-2-6-13(23-17(22)24-16(20)21)8-5-3-4-7-12-9-10-14(18)15(19)11-12;;/h9-11,13H,2-8H2,1H3,(H6,20,21,22,23,24);2*1H. The summed E-state index contributed by atoms with van der Waals surface area (Å²) in [5, 5.41) is 1.21. The highest BCUT2D eigenvalue weighted by molar-refractivity contribution is 6.42. The van der Waals surface area contributed by atoms with E-state index >= 15 is 0 Å². The lowest BCUT2D eigenvalue weighted by Crippen LogP contribution is -2.27. The molecule has 1 aromatic carbocycles. The van der Waals surface area contributed by atoms with Crippen LogP contribution in [0.5, 0.6) is 0 Å². The maximum absolute atomic E-state index is 6.03. The summed E-state index contributed by atoms with van der Waals surface area (Å²) in [4.78, 5) is 8.17. The van der Waals surface area contributed by atoms with Gasteiger partial charge in [0.2, 0.25) is 5.96 Å². The molecule has 0 aliphatic heterocycles. The molecular weight excluding hydrogens is 416 g/mol. The van der Waals surface area contributed by atoms with Crippen LogP contribution < -0.4 is 17.2 Å². The van der Waals surface area contributed by atoms with Crippen molar-refractivity contribution in [1.29, 1.82) is 0 Å². The Morgan fingerprint density at radius 3 is 2.27 bits per heavy atom. The van der Waals surface area contributed by atoms with Crippen LogP contribution in [0.1, 0.15) is 51.0 Å². The minimum atomic E-state index is -0.0619. The summed E-state index contributed by atoms with van der Waals surface area (Å²) < 4.78 is 0. The Morgan fingerprint density at radius 1 is 1.00 bits per heavy atom. The van der Waals surface area contributed by atoms with Crippen LogP contribution in [0.15, 0.2) is 28.2 Å². The Kier molecular flexibility index (Phi) is 16.0. The quantitative estimate of drug-likeness (QED) is 0.292. The first-order valence-corrected chi connectivity index (χ1v) is 9.04. The second-order valence-electron chi connectivity index (χ2n) is 5.81. The number of hydrogen-bond acceptors (Lipinski definition) is 1. The number of rotatable bonds is 9. The van der Waals surface area contributed by atoms with Crippen molar-refractivity contribution in [3.63, 3.8) is 0 Å². The molecule has 0 heterocycles. The van der Waals surface area contributed by atoms with Crippen LogP contribution in [0, 0.1) is 0 Å². The van der Waals surface area contributed by atoms with Crippen molar-refractivity contribution in [1.82, 2.24) is 0 Å². The van der Waals surface area contributed by atoms with Gasteiger partial charge in [-0.05, 0) is 43.4 Å². The molecule has 0 aliphatic rings. The maximum atomic E-state index is 6.03. The van der Waals surface area contributed by atoms with Crippen molar-refractivity contribution in [2.45, 2.75) is 57.9 Å². The van der Waals surface area contributed by atoms with E-state index in [1.165, 1.54) is 5.56 Å². The molecule has 0 aromatic heterocycles. The number of guanidine groups is 2. The van der Waals surface area contributed by atoms with Crippen LogP contribution in [-0.4, -0.2) is 18.0 Å². The fraction of sp³-hybridized carbons (Fsp3) is 0.529. The van der Waals surface area contributed by atoms with Crippen molar-refractivity contribution in [2.75, 3.05) is 0 Å². The zero-order chi connectivity index (χ0) is 17.9. The van der Waals surface area contributed by atoms with Gasteiger partial charge in [-0.2, -0.15) is 4.99 Å². The van der Waals surface area contributed by atoms with Gasteiger partial charge in [0.15, 0.2) is 5.96 Å². The molecule has 0 saturated heterocycles. The minimum Gasteiger partial charge on any atom is -0.370 e. The first-order valence-electron chi connectivity index (χ1n) is 8.29. The van der Waals surface area contributed by atoms with E-state index in [0.717, 1.165) is 44.9 Å². The Labute approximate surface area is 178 Å². The lowest BCUT2D eigenvalue weighted by molar-refractivity contribution is 0.520. The van der Waals surface area contributed by atoms with Crippen LogP contribution in [0.25, 0.3) is 0 Å². The SMILES string of the molecule is CCCC(CCCCCc1ccc(Cl)c(Cl)c1)N=C(N)N=C(N)N.Cl.Cl. The van der Waals surface area contributed by atoms with Crippen LogP contribution in [0.3, 0.4) is 0 Å². The van der Waals surface area contributed by atoms with E-state index in [4.69, 9.17) is 40.4 Å². The van der Waals surface area contributed by atoms with Crippen LogP contribution in [0.4, 0.5) is 0 Å². The van der Waals surface area contributed by atoms with E-state index in [9.17, 15) is 0 Å². The van der Waals surface area contributed by atoms with E-state index < -0.39 is 0 Å². The minimum absolute atomic E-state index is 0. The Morgan fingerprint density at radius 2 is 1.69 bits per heavy atom. The summed E-state index contributed by atoms with van der Waals surface area (Å²) in [5.74, 6) is 0.0948. The van der Waals surface area contributed by atoms with Gasteiger partial charge < -0.3 is 17.2 Å². The number of nitrogens with zero attached hydrogens (tertiary/aromatic N) is 2. The summed E-state index contributed by atoms with van der Waals surface area (Å²) in [5.41, 5.74) is 17.5. The summed E-state index contributed by atoms with van der Waals surface area (Å²) in [6.45, 7) is 2.13. The molecule has 0 bridgehead atoms. The summed E-state index contributed by atoms with van der Waals surface area (Å²) in [6.07, 6.45) is 7.32. The molecule has 0 aliphatic carbocycles. The van der Waals surface area contributed by atoms with Gasteiger partial charge in [-0.25, -0.2) is 4.99 Å². The molecule has 1 unspecified atom stereocenters. The van der Waals surface area contributed by atoms with Gasteiger partial charge in [0, 0.05) is 0 Å². The van der Waals surface area contributed by atoms with Gasteiger partial charge >= 0.3 is 0 Å². The second kappa shape index (κ2) is 15.2. The number of halogens is 4. The normalized spacial score (nSPS) is 11.9. The second-order valence-corrected chi connectivity index (χ2v) is 6.63. The van der Waals surface area contributed by atoms with Crippen molar-refractivity contribution in [3.05, 3.63) is 33.8 Å². The highest BCUT2D eigenvalue weighted by Crippen LogP contribution is 2.23. The molecule has 150 valence electrons. The van der Waals surface area contributed by atoms with Gasteiger partial charge in [-0.1, -0.05) is 55.5 Å². The third kappa shape index (κ3) is 11.7. The molecule has 1 aromatic rings. The number of benzene rings is 1. The third-order valence-electron chi connectivity index (χ3n) is 3.67. The molecule has 0 fully saturated rings. The number of nitrogens with two attached hydrogens (primary N) is 3. The van der Waals surface area contributed by atoms with Gasteiger partial charge in [0.05, 0.1) is 16.1 Å². The molecule has 1 atom stereocenters. The molecule has 0 radical (unpaired) electrons. The zero-order valence-corrected chi connectivity index (χ0v) is 18.1. The predicted octanol–water partition coefficient (Wildman–Crippen LogP) is 4.70. The fourth-order valence-corrected chi connectivity index (χ4v) is 2.86. The van der Waals surface area contributed by atoms with E-state index in [-0.39, 0.29) is 42.8 Å². The molecular formula is C17H29Cl4N5. The molecule has 0 amide bonds. The smallest absolute Gasteiger partial charge is 0.218 e. The first-order chi connectivity index (χ1) is 11.4. The number of aliphatic imine (C=N–C) groups is 2. The molecule has 26 heavy (non-hydrogen) atoms. The summed E-state index contributed by atoms with van der Waals surface area (Å²) in [6, 6.07) is 5.97. The van der Waals surface area contributed by atoms with Crippen molar-refractivity contribution in [3.8, 4) is 0 Å². The van der Waals surface area contributed by atoms with Gasteiger partial charge in [-0.3, -0.25) is 0 Å². The third-order valence-corrected chi connectivity index (χ3v) is 4.41. The lowest BCUT2D eigenvalue weighted by atomic mass is 10.0. The summed E-state index contributed by atoms with van der Waals surface area (Å²) in [7, 11) is 0. The Bertz CT molecular complexity index is 574. The van der Waals surface area contributed by atoms with E-state index in [1.807, 2.05) is 18.2 Å². The average Bonchev–Trinajstić information content (AvgIpc) is 2.49. The van der Waals surface area contributed by atoms with Crippen molar-refractivity contribution >= 4 is 59.9 Å². The highest BCUT2D eigenvalue weighted by Gasteiger charge is 2.07. The van der Waals surface area contributed by atoms with Crippen molar-refractivity contribution in [2.24, 2.45) is 27.2 Å². The zero-order valence-electron chi connectivity index (χ0n) is 15.0. The Balaban J connectivity index is 0. The largest absolute Gasteiger partial charge is 0.370 e. The molecule has 0 saturated carbocycles. The van der Waals surface area contributed by atoms with E-state index in [1.54, 1.807) is 0 Å². The Hall–Kier alpha value is -0.880. The van der Waals surface area contributed by atoms with Crippen molar-refractivity contribution < 1.29 is 0 Å². The van der Waals surface area contributed by atoms with E-state index in [2.05, 4.69) is 16.9 Å². The van der Waals surface area contributed by atoms with Gasteiger partial charge in [-0.15, -0.1) is 24.8 Å². The number of unbranched alkanes of at least 4 members (excludes halogenated alkanes) is 2. The maximum Gasteiger partial charge on any atom is 0.218 e. The highest BCUT2D eigenvalue weighted by atomic mass is 35.5. The lowest BCUT2D eigenvalue weighted by Gasteiger charge is -2.11. The summed E-state index contributed by atoms with van der Waals surface area (Å²) >= 11 is 12.0. The molecule has 9 heteroatoms. The average molecular weight is 445 g/mol. The molecule has 6 N–H and O–H groups in total. The fourth-order valence-electron chi connectivity index (χ4n) is 2.54. The van der Waals surface area contributed by atoms with Crippen LogP contribution in [-0.2, 0) is 6.42 Å².